The van der Waals surface area contributed by atoms with Crippen molar-refractivity contribution in [1.82, 2.24) is 14.7 Å². The van der Waals surface area contributed by atoms with Crippen molar-refractivity contribution in [3.8, 4) is 11.4 Å². The summed E-state index contributed by atoms with van der Waals surface area (Å²) < 4.78 is 8.04. The molecular weight excluding hydrogens is 376 g/mol. The van der Waals surface area contributed by atoms with Gasteiger partial charge in [-0.1, -0.05) is 30.3 Å². The average molecular weight is 405 g/mol. The van der Waals surface area contributed by atoms with Crippen molar-refractivity contribution in [1.29, 1.82) is 0 Å². The molecule has 2 heterocycles. The SMILES string of the molecule is CCN1C[C@H](CN(C)C(=O)c2c(C)nn(-c3ccccc3)c2C)Oc2ccccc21. The molecule has 0 fully saturated rings. The molecule has 6 heteroatoms. The standard InChI is InChI=1S/C24H28N4O2/c1-5-27-16-20(30-22-14-10-9-13-21(22)27)15-26(4)24(29)23-17(2)25-28(18(23)3)19-11-7-6-8-12-19/h6-14,20H,5,15-16H2,1-4H3/t20-/m0/s1. The molecule has 0 saturated carbocycles. The van der Waals surface area contributed by atoms with Crippen LogP contribution in [0.2, 0.25) is 0 Å². The normalized spacial score (nSPS) is 15.5. The van der Waals surface area contributed by atoms with Gasteiger partial charge in [0.1, 0.15) is 11.9 Å². The molecule has 156 valence electrons. The van der Waals surface area contributed by atoms with Gasteiger partial charge in [-0.3, -0.25) is 4.79 Å². The third-order valence-corrected chi connectivity index (χ3v) is 5.64. The first-order valence-corrected chi connectivity index (χ1v) is 10.4. The fourth-order valence-electron chi connectivity index (χ4n) is 4.13. The van der Waals surface area contributed by atoms with Crippen LogP contribution in [-0.2, 0) is 0 Å². The molecule has 0 radical (unpaired) electrons. The van der Waals surface area contributed by atoms with Gasteiger partial charge in [-0.2, -0.15) is 5.10 Å². The Morgan fingerprint density at radius 3 is 2.57 bits per heavy atom. The van der Waals surface area contributed by atoms with Crippen LogP contribution in [0.5, 0.6) is 5.75 Å². The van der Waals surface area contributed by atoms with Crippen molar-refractivity contribution in [2.45, 2.75) is 26.9 Å². The van der Waals surface area contributed by atoms with Crippen LogP contribution in [0.3, 0.4) is 0 Å². The van der Waals surface area contributed by atoms with Gasteiger partial charge in [0.05, 0.1) is 41.4 Å². The number of fused-ring (bicyclic) bond motifs is 1. The van der Waals surface area contributed by atoms with E-state index in [9.17, 15) is 4.79 Å². The Hall–Kier alpha value is -3.28. The van der Waals surface area contributed by atoms with Crippen molar-refractivity contribution in [2.24, 2.45) is 0 Å². The van der Waals surface area contributed by atoms with Crippen LogP contribution in [0.1, 0.15) is 28.7 Å². The first-order chi connectivity index (χ1) is 14.5. The monoisotopic (exact) mass is 404 g/mol. The number of hydrogen-bond acceptors (Lipinski definition) is 4. The molecule has 1 aliphatic rings. The van der Waals surface area contributed by atoms with Crippen molar-refractivity contribution in [3.05, 3.63) is 71.5 Å². The number of anilines is 1. The average Bonchev–Trinajstić information content (AvgIpc) is 3.07. The first kappa shape index (κ1) is 20.0. The van der Waals surface area contributed by atoms with Crippen LogP contribution in [0.4, 0.5) is 5.69 Å². The van der Waals surface area contributed by atoms with E-state index in [0.29, 0.717) is 12.1 Å². The van der Waals surface area contributed by atoms with Gasteiger partial charge in [0.2, 0.25) is 0 Å². The number of para-hydroxylation sites is 3. The van der Waals surface area contributed by atoms with Crippen LogP contribution >= 0.6 is 0 Å². The number of ether oxygens (including phenoxy) is 1. The van der Waals surface area contributed by atoms with Gasteiger partial charge in [-0.15, -0.1) is 0 Å². The van der Waals surface area contributed by atoms with Gasteiger partial charge in [-0.25, -0.2) is 4.68 Å². The van der Waals surface area contributed by atoms with Gasteiger partial charge in [0.15, 0.2) is 0 Å². The maximum Gasteiger partial charge on any atom is 0.257 e. The molecule has 4 rings (SSSR count). The lowest BCUT2D eigenvalue weighted by atomic mass is 10.1. The summed E-state index contributed by atoms with van der Waals surface area (Å²) in [7, 11) is 1.83. The predicted molar refractivity (Wildman–Crippen MR) is 119 cm³/mol. The molecule has 1 aromatic heterocycles. The summed E-state index contributed by atoms with van der Waals surface area (Å²) in [6.45, 7) is 8.14. The van der Waals surface area contributed by atoms with Crippen molar-refractivity contribution in [3.63, 3.8) is 0 Å². The third-order valence-electron chi connectivity index (χ3n) is 5.64. The van der Waals surface area contributed by atoms with E-state index in [4.69, 9.17) is 4.74 Å². The summed E-state index contributed by atoms with van der Waals surface area (Å²) in [5.41, 5.74) is 4.30. The van der Waals surface area contributed by atoms with E-state index >= 15 is 0 Å². The highest BCUT2D eigenvalue weighted by atomic mass is 16.5. The molecule has 0 bridgehead atoms. The maximum absolute atomic E-state index is 13.3. The molecule has 0 N–H and O–H groups in total. The first-order valence-electron chi connectivity index (χ1n) is 10.4. The van der Waals surface area contributed by atoms with Crippen LogP contribution in [0, 0.1) is 13.8 Å². The van der Waals surface area contributed by atoms with Gasteiger partial charge < -0.3 is 14.5 Å². The topological polar surface area (TPSA) is 50.6 Å². The zero-order chi connectivity index (χ0) is 21.3. The van der Waals surface area contributed by atoms with E-state index < -0.39 is 0 Å². The van der Waals surface area contributed by atoms with Crippen LogP contribution in [0.15, 0.2) is 54.6 Å². The van der Waals surface area contributed by atoms with Crippen LogP contribution in [0.25, 0.3) is 5.69 Å². The van der Waals surface area contributed by atoms with E-state index in [0.717, 1.165) is 41.6 Å². The number of carbonyl (C=O) groups is 1. The molecule has 1 atom stereocenters. The zero-order valence-electron chi connectivity index (χ0n) is 18.0. The van der Waals surface area contributed by atoms with Crippen molar-refractivity contribution < 1.29 is 9.53 Å². The van der Waals surface area contributed by atoms with E-state index in [2.05, 4.69) is 23.0 Å². The number of amides is 1. The summed E-state index contributed by atoms with van der Waals surface area (Å²) in [4.78, 5) is 17.4. The smallest absolute Gasteiger partial charge is 0.257 e. The minimum atomic E-state index is -0.0846. The number of carbonyl (C=O) groups excluding carboxylic acids is 1. The Morgan fingerprint density at radius 2 is 1.83 bits per heavy atom. The Morgan fingerprint density at radius 1 is 1.13 bits per heavy atom. The number of likely N-dealkylation sites (N-methyl/N-ethyl adjacent to an activating group) is 2. The summed E-state index contributed by atoms with van der Waals surface area (Å²) in [5.74, 6) is 0.846. The lowest BCUT2D eigenvalue weighted by Crippen LogP contribution is -2.47. The number of aromatic nitrogens is 2. The minimum absolute atomic E-state index is 0.0299. The molecular formula is C24H28N4O2. The van der Waals surface area contributed by atoms with E-state index in [1.165, 1.54) is 0 Å². The maximum atomic E-state index is 13.3. The van der Waals surface area contributed by atoms with E-state index in [1.807, 2.05) is 74.1 Å². The Labute approximate surface area is 177 Å². The lowest BCUT2D eigenvalue weighted by molar-refractivity contribution is 0.0708. The van der Waals surface area contributed by atoms with E-state index in [1.54, 1.807) is 4.90 Å². The molecule has 1 amide bonds. The van der Waals surface area contributed by atoms with Gasteiger partial charge in [0, 0.05) is 13.6 Å². The van der Waals surface area contributed by atoms with E-state index in [-0.39, 0.29) is 12.0 Å². The number of aryl methyl sites for hydroxylation is 1. The minimum Gasteiger partial charge on any atom is -0.485 e. The number of rotatable bonds is 5. The number of hydrogen-bond donors (Lipinski definition) is 0. The Bertz CT molecular complexity index is 1040. The second kappa shape index (κ2) is 8.22. The highest BCUT2D eigenvalue weighted by Crippen LogP contribution is 2.33. The fourth-order valence-corrected chi connectivity index (χ4v) is 4.13. The number of benzene rings is 2. The Kier molecular flexibility index (Phi) is 5.48. The highest BCUT2D eigenvalue weighted by Gasteiger charge is 2.29. The van der Waals surface area contributed by atoms with Crippen LogP contribution in [-0.4, -0.2) is 53.4 Å². The second-order valence-electron chi connectivity index (χ2n) is 7.73. The summed E-state index contributed by atoms with van der Waals surface area (Å²) >= 11 is 0. The Balaban J connectivity index is 1.53. The summed E-state index contributed by atoms with van der Waals surface area (Å²) in [6, 6.07) is 18.0. The fraction of sp³-hybridized carbons (Fsp3) is 0.333. The molecule has 6 nitrogen and oxygen atoms in total. The summed E-state index contributed by atoms with van der Waals surface area (Å²) in [6.07, 6.45) is -0.0846. The van der Waals surface area contributed by atoms with Gasteiger partial charge in [0.25, 0.3) is 5.91 Å². The highest BCUT2D eigenvalue weighted by molar-refractivity contribution is 5.96. The van der Waals surface area contributed by atoms with Gasteiger partial charge in [-0.05, 0) is 45.0 Å². The van der Waals surface area contributed by atoms with Crippen LogP contribution < -0.4 is 9.64 Å². The third kappa shape index (κ3) is 3.65. The van der Waals surface area contributed by atoms with Crippen molar-refractivity contribution in [2.75, 3.05) is 31.6 Å². The largest absolute Gasteiger partial charge is 0.485 e. The predicted octanol–water partition coefficient (Wildman–Crippen LogP) is 3.85. The summed E-state index contributed by atoms with van der Waals surface area (Å²) in [5, 5.41) is 4.62. The molecule has 0 saturated heterocycles. The molecule has 1 aliphatic heterocycles. The molecule has 3 aromatic rings. The number of nitrogens with zero attached hydrogens (tertiary/aromatic N) is 4. The zero-order valence-corrected chi connectivity index (χ0v) is 18.0. The molecule has 0 unspecified atom stereocenters. The quantitative estimate of drug-likeness (QED) is 0.648. The molecule has 0 aliphatic carbocycles. The molecule has 2 aromatic carbocycles. The van der Waals surface area contributed by atoms with Gasteiger partial charge >= 0.3 is 0 Å². The lowest BCUT2D eigenvalue weighted by Gasteiger charge is -2.37. The molecule has 30 heavy (non-hydrogen) atoms. The second-order valence-corrected chi connectivity index (χ2v) is 7.73. The molecule has 0 spiro atoms. The van der Waals surface area contributed by atoms with Crippen molar-refractivity contribution >= 4 is 11.6 Å².